The molecule has 0 saturated carbocycles. The van der Waals surface area contributed by atoms with Gasteiger partial charge in [-0.05, 0) is 36.4 Å². The fourth-order valence-electron chi connectivity index (χ4n) is 2.62. The molecule has 0 spiro atoms. The van der Waals surface area contributed by atoms with Crippen LogP contribution in [0.2, 0.25) is 0 Å². The van der Waals surface area contributed by atoms with Crippen LogP contribution in [0.5, 0.6) is 0 Å². The topological polar surface area (TPSA) is 38.3 Å². The quantitative estimate of drug-likeness (QED) is 0.830. The van der Waals surface area contributed by atoms with E-state index < -0.39 is 0 Å². The zero-order valence-electron chi connectivity index (χ0n) is 11.1. The first-order valence-electron chi connectivity index (χ1n) is 6.64. The Morgan fingerprint density at radius 1 is 1.44 bits per heavy atom. The molecule has 1 N–H and O–H groups in total. The van der Waals surface area contributed by atoms with Gasteiger partial charge in [-0.3, -0.25) is 4.79 Å². The Morgan fingerprint density at radius 3 is 2.67 bits per heavy atom. The smallest absolute Gasteiger partial charge is 0.313 e. The van der Waals surface area contributed by atoms with E-state index in [1.807, 2.05) is 6.92 Å². The van der Waals surface area contributed by atoms with Crippen molar-refractivity contribution in [1.29, 1.82) is 0 Å². The Hall–Kier alpha value is -1.35. The second-order valence-corrected chi connectivity index (χ2v) is 4.84. The molecule has 2 unspecified atom stereocenters. The van der Waals surface area contributed by atoms with E-state index in [1.54, 1.807) is 0 Å². The summed E-state index contributed by atoms with van der Waals surface area (Å²) in [6.45, 7) is 4.18. The first kappa shape index (κ1) is 13.1. The van der Waals surface area contributed by atoms with Crippen molar-refractivity contribution in [3.63, 3.8) is 0 Å². The Morgan fingerprint density at radius 2 is 2.17 bits per heavy atom. The predicted molar refractivity (Wildman–Crippen MR) is 71.7 cm³/mol. The molecule has 1 aliphatic rings. The summed E-state index contributed by atoms with van der Waals surface area (Å²) in [5.74, 6) is 0.343. The molecule has 0 bridgehead atoms. The Kier molecular flexibility index (Phi) is 4.37. The molecule has 1 fully saturated rings. The van der Waals surface area contributed by atoms with Gasteiger partial charge in [-0.2, -0.15) is 0 Å². The number of nitrogens with one attached hydrogen (secondary N) is 1. The van der Waals surface area contributed by atoms with Crippen LogP contribution in [0.25, 0.3) is 0 Å². The Bertz CT molecular complexity index is 393. The van der Waals surface area contributed by atoms with Crippen LogP contribution in [-0.4, -0.2) is 26.2 Å². The minimum absolute atomic E-state index is 0.134. The number of carbonyl (C=O) groups excluding carboxylic acids is 1. The van der Waals surface area contributed by atoms with E-state index >= 15 is 0 Å². The Labute approximate surface area is 109 Å². The summed E-state index contributed by atoms with van der Waals surface area (Å²) < 4.78 is 4.84. The number of rotatable bonds is 4. The molecular weight excluding hydrogens is 226 g/mol. The van der Waals surface area contributed by atoms with E-state index in [9.17, 15) is 4.79 Å². The molecule has 0 aromatic heterocycles. The van der Waals surface area contributed by atoms with Gasteiger partial charge >= 0.3 is 5.97 Å². The van der Waals surface area contributed by atoms with Gasteiger partial charge in [0.25, 0.3) is 0 Å². The average Bonchev–Trinajstić information content (AvgIpc) is 2.94. The van der Waals surface area contributed by atoms with Gasteiger partial charge in [0.1, 0.15) is 0 Å². The number of benzene rings is 1. The molecule has 2 atom stereocenters. The summed E-state index contributed by atoms with van der Waals surface area (Å²) in [5.41, 5.74) is 2.42. The van der Waals surface area contributed by atoms with Gasteiger partial charge in [0, 0.05) is 6.54 Å². The summed E-state index contributed by atoms with van der Waals surface area (Å²) in [6.07, 6.45) is 1.98. The molecule has 1 saturated heterocycles. The highest BCUT2D eigenvalue weighted by Crippen LogP contribution is 2.26. The van der Waals surface area contributed by atoms with Crippen molar-refractivity contribution in [2.24, 2.45) is 0 Å². The summed E-state index contributed by atoms with van der Waals surface area (Å²) in [4.78, 5) is 11.7. The lowest BCUT2D eigenvalue weighted by Crippen LogP contribution is -2.13. The highest BCUT2D eigenvalue weighted by Gasteiger charge is 2.20. The van der Waals surface area contributed by atoms with E-state index in [1.165, 1.54) is 19.1 Å². The second-order valence-electron chi connectivity index (χ2n) is 4.84. The summed E-state index contributed by atoms with van der Waals surface area (Å²) >= 11 is 0. The van der Waals surface area contributed by atoms with Crippen LogP contribution in [0.4, 0.5) is 0 Å². The normalized spacial score (nSPS) is 20.7. The third-order valence-electron chi connectivity index (χ3n) is 3.76. The number of ether oxygens (including phenoxy) is 1. The maximum Gasteiger partial charge on any atom is 0.313 e. The molecule has 0 aliphatic carbocycles. The lowest BCUT2D eigenvalue weighted by Gasteiger charge is -2.14. The number of hydrogen-bond donors (Lipinski definition) is 1. The SMILES string of the molecule is CCC(C(=O)OC)c1ccc(C2CCNC2)cc1. The van der Waals surface area contributed by atoms with Crippen LogP contribution in [-0.2, 0) is 9.53 Å². The van der Waals surface area contributed by atoms with Crippen LogP contribution in [0, 0.1) is 0 Å². The molecule has 0 radical (unpaired) electrons. The first-order valence-corrected chi connectivity index (χ1v) is 6.64. The zero-order valence-corrected chi connectivity index (χ0v) is 11.1. The van der Waals surface area contributed by atoms with Gasteiger partial charge < -0.3 is 10.1 Å². The molecule has 1 aliphatic heterocycles. The van der Waals surface area contributed by atoms with Crippen molar-refractivity contribution >= 4 is 5.97 Å². The number of hydrogen-bond acceptors (Lipinski definition) is 3. The van der Waals surface area contributed by atoms with Crippen LogP contribution in [0.1, 0.15) is 42.7 Å². The molecule has 0 amide bonds. The fourth-order valence-corrected chi connectivity index (χ4v) is 2.62. The van der Waals surface area contributed by atoms with E-state index in [-0.39, 0.29) is 11.9 Å². The number of esters is 1. The lowest BCUT2D eigenvalue weighted by atomic mass is 9.92. The summed E-state index contributed by atoms with van der Waals surface area (Å²) in [5, 5.41) is 3.37. The minimum atomic E-state index is -0.146. The monoisotopic (exact) mass is 247 g/mol. The molecule has 18 heavy (non-hydrogen) atoms. The maximum atomic E-state index is 11.7. The standard InChI is InChI=1S/C15H21NO2/c1-3-14(15(17)18-2)12-6-4-11(5-7-12)13-8-9-16-10-13/h4-7,13-14,16H,3,8-10H2,1-2H3. The molecule has 3 heteroatoms. The van der Waals surface area contributed by atoms with Gasteiger partial charge in [-0.15, -0.1) is 0 Å². The van der Waals surface area contributed by atoms with Gasteiger partial charge in [0.15, 0.2) is 0 Å². The van der Waals surface area contributed by atoms with Crippen molar-refractivity contribution in [2.75, 3.05) is 20.2 Å². The van der Waals surface area contributed by atoms with E-state index in [0.29, 0.717) is 5.92 Å². The van der Waals surface area contributed by atoms with Crippen molar-refractivity contribution in [3.05, 3.63) is 35.4 Å². The van der Waals surface area contributed by atoms with Crippen LogP contribution < -0.4 is 5.32 Å². The molecule has 98 valence electrons. The predicted octanol–water partition coefficient (Wildman–Crippen LogP) is 2.43. The fraction of sp³-hybridized carbons (Fsp3) is 0.533. The first-order chi connectivity index (χ1) is 8.76. The lowest BCUT2D eigenvalue weighted by molar-refractivity contribution is -0.142. The molecule has 2 rings (SSSR count). The van der Waals surface area contributed by atoms with Crippen molar-refractivity contribution in [1.82, 2.24) is 5.32 Å². The van der Waals surface area contributed by atoms with Crippen molar-refractivity contribution < 1.29 is 9.53 Å². The van der Waals surface area contributed by atoms with Crippen molar-refractivity contribution in [3.8, 4) is 0 Å². The van der Waals surface area contributed by atoms with Crippen LogP contribution in [0.15, 0.2) is 24.3 Å². The number of carbonyl (C=O) groups is 1. The zero-order chi connectivity index (χ0) is 13.0. The van der Waals surface area contributed by atoms with Gasteiger partial charge in [-0.1, -0.05) is 31.2 Å². The third-order valence-corrected chi connectivity index (χ3v) is 3.76. The second kappa shape index (κ2) is 6.01. The molecular formula is C15H21NO2. The van der Waals surface area contributed by atoms with Crippen LogP contribution in [0.3, 0.4) is 0 Å². The Balaban J connectivity index is 2.12. The van der Waals surface area contributed by atoms with E-state index in [0.717, 1.165) is 25.1 Å². The molecule has 3 nitrogen and oxygen atoms in total. The molecule has 1 aromatic carbocycles. The minimum Gasteiger partial charge on any atom is -0.469 e. The third kappa shape index (κ3) is 2.72. The maximum absolute atomic E-state index is 11.7. The highest BCUT2D eigenvalue weighted by molar-refractivity contribution is 5.77. The largest absolute Gasteiger partial charge is 0.469 e. The summed E-state index contributed by atoms with van der Waals surface area (Å²) in [6, 6.07) is 8.44. The van der Waals surface area contributed by atoms with Gasteiger partial charge in [0.2, 0.25) is 0 Å². The molecule has 1 aromatic rings. The van der Waals surface area contributed by atoms with E-state index in [4.69, 9.17) is 4.74 Å². The highest BCUT2D eigenvalue weighted by atomic mass is 16.5. The van der Waals surface area contributed by atoms with Crippen LogP contribution >= 0.6 is 0 Å². The van der Waals surface area contributed by atoms with Gasteiger partial charge in [-0.25, -0.2) is 0 Å². The van der Waals surface area contributed by atoms with Crippen molar-refractivity contribution in [2.45, 2.75) is 31.6 Å². The molecule has 1 heterocycles. The number of methoxy groups -OCH3 is 1. The average molecular weight is 247 g/mol. The van der Waals surface area contributed by atoms with Gasteiger partial charge in [0.05, 0.1) is 13.0 Å². The summed E-state index contributed by atoms with van der Waals surface area (Å²) in [7, 11) is 1.45. The van der Waals surface area contributed by atoms with E-state index in [2.05, 4.69) is 29.6 Å².